The number of nitrogens with zero attached hydrogens (tertiary/aromatic N) is 3. The third-order valence-corrected chi connectivity index (χ3v) is 8.40. The lowest BCUT2D eigenvalue weighted by Gasteiger charge is -2.35. The van der Waals surface area contributed by atoms with Gasteiger partial charge < -0.3 is 5.11 Å². The number of allylic oxidation sites excluding steroid dienone is 2. The first-order valence-corrected chi connectivity index (χ1v) is 15.0. The Morgan fingerprint density at radius 1 is 0.929 bits per heavy atom. The molecule has 1 N–H and O–H groups in total. The summed E-state index contributed by atoms with van der Waals surface area (Å²) < 4.78 is 0.463. The number of phenols is 1. The highest BCUT2D eigenvalue weighted by Crippen LogP contribution is 2.45. The predicted molar refractivity (Wildman–Crippen MR) is 173 cm³/mol. The summed E-state index contributed by atoms with van der Waals surface area (Å²) in [4.78, 5) is 27.2. The monoisotopic (exact) mass is 629 g/mol. The van der Waals surface area contributed by atoms with Gasteiger partial charge in [0.25, 0.3) is 0 Å². The maximum Gasteiger partial charge on any atom is 0.187 e. The second-order valence-corrected chi connectivity index (χ2v) is 14.2. The van der Waals surface area contributed by atoms with Crippen LogP contribution in [0.15, 0.2) is 65.2 Å². The Morgan fingerprint density at radius 3 is 2.14 bits per heavy atom. The number of rotatable bonds is 8. The Kier molecular flexibility index (Phi) is 8.40. The number of phenolic OH excluding ortho intramolecular Hbond substituents is 1. The van der Waals surface area contributed by atoms with Crippen LogP contribution in [0.5, 0.6) is 5.75 Å². The van der Waals surface area contributed by atoms with Crippen LogP contribution in [-0.4, -0.2) is 31.7 Å². The number of carbonyl (C=O) groups excluding carboxylic acids is 2. The number of benzene rings is 3. The summed E-state index contributed by atoms with van der Waals surface area (Å²) in [7, 11) is 0. The molecular formula is C35H40BrN3O3. The molecule has 0 radical (unpaired) electrons. The van der Waals surface area contributed by atoms with Crippen LogP contribution >= 0.6 is 15.9 Å². The fourth-order valence-corrected chi connectivity index (χ4v) is 6.64. The number of halogens is 1. The number of hydrogen-bond acceptors (Lipinski definition) is 5. The van der Waals surface area contributed by atoms with Crippen molar-refractivity contribution in [2.24, 2.45) is 5.41 Å². The zero-order chi connectivity index (χ0) is 31.2. The lowest BCUT2D eigenvalue weighted by molar-refractivity contribution is 0.0993. The minimum absolute atomic E-state index is 0.0631. The number of aromatic hydroxyl groups is 1. The van der Waals surface area contributed by atoms with Crippen molar-refractivity contribution in [3.05, 3.63) is 93.0 Å². The maximum atomic E-state index is 13.0. The quantitative estimate of drug-likeness (QED) is 0.155. The minimum Gasteiger partial charge on any atom is -0.505 e. The first-order chi connectivity index (χ1) is 19.5. The molecule has 0 fully saturated rings. The van der Waals surface area contributed by atoms with E-state index >= 15 is 0 Å². The molecular weight excluding hydrogens is 590 g/mol. The lowest BCUT2D eigenvalue weighted by Crippen LogP contribution is -2.27. The van der Waals surface area contributed by atoms with E-state index in [2.05, 4.69) is 82.6 Å². The highest BCUT2D eigenvalue weighted by molar-refractivity contribution is 9.10. The summed E-state index contributed by atoms with van der Waals surface area (Å²) in [6.45, 7) is 18.5. The molecule has 220 valence electrons. The zero-order valence-corrected chi connectivity index (χ0v) is 27.5. The van der Waals surface area contributed by atoms with Crippen molar-refractivity contribution in [1.82, 2.24) is 15.0 Å². The van der Waals surface area contributed by atoms with E-state index in [0.717, 1.165) is 23.1 Å². The number of carbonyl (C=O) groups is 2. The average Bonchev–Trinajstić information content (AvgIpc) is 3.30. The van der Waals surface area contributed by atoms with Crippen molar-refractivity contribution in [1.29, 1.82) is 0 Å². The fraction of sp³-hybridized carbons (Fsp3) is 0.371. The molecule has 0 bridgehead atoms. The van der Waals surface area contributed by atoms with E-state index in [9.17, 15) is 14.7 Å². The highest BCUT2D eigenvalue weighted by Gasteiger charge is 2.34. The van der Waals surface area contributed by atoms with Gasteiger partial charge in [0.1, 0.15) is 22.5 Å². The van der Waals surface area contributed by atoms with Crippen molar-refractivity contribution in [3.63, 3.8) is 0 Å². The van der Waals surface area contributed by atoms with Gasteiger partial charge in [-0.3, -0.25) is 9.59 Å². The van der Waals surface area contributed by atoms with Gasteiger partial charge in [0.15, 0.2) is 11.6 Å². The Labute approximate surface area is 257 Å². The van der Waals surface area contributed by atoms with Gasteiger partial charge in [0, 0.05) is 21.0 Å². The third-order valence-electron chi connectivity index (χ3n) is 7.77. The number of Topliss-reactive ketones (excluding diaryl/α,β-unsaturated/α-hetero) is 1. The summed E-state index contributed by atoms with van der Waals surface area (Å²) in [6.07, 6.45) is 3.97. The SMILES string of the molecule is C/C=C\C(=O)c1c(Br)cc2nn(-c3cc(C(C)(C)CC(C)(C)C)cc(C(C)(C)c4ccccc4)c3O)nc2c1C(C)=O. The third kappa shape index (κ3) is 5.98. The van der Waals surface area contributed by atoms with Crippen molar-refractivity contribution in [2.75, 3.05) is 0 Å². The maximum absolute atomic E-state index is 13.0. The first kappa shape index (κ1) is 31.4. The molecule has 0 saturated carbocycles. The highest BCUT2D eigenvalue weighted by atomic mass is 79.9. The second kappa shape index (κ2) is 11.3. The Balaban J connectivity index is 2.05. The first-order valence-electron chi connectivity index (χ1n) is 14.2. The average molecular weight is 631 g/mol. The number of ketones is 2. The van der Waals surface area contributed by atoms with Crippen LogP contribution in [0.2, 0.25) is 0 Å². The van der Waals surface area contributed by atoms with Crippen molar-refractivity contribution < 1.29 is 14.7 Å². The molecule has 0 saturated heterocycles. The molecule has 0 aliphatic heterocycles. The van der Waals surface area contributed by atoms with E-state index in [4.69, 9.17) is 10.2 Å². The molecule has 0 unspecified atom stereocenters. The Morgan fingerprint density at radius 2 is 1.57 bits per heavy atom. The summed E-state index contributed by atoms with van der Waals surface area (Å²) in [5.74, 6) is -0.531. The van der Waals surface area contributed by atoms with Gasteiger partial charge in [-0.25, -0.2) is 0 Å². The second-order valence-electron chi connectivity index (χ2n) is 13.4. The summed E-state index contributed by atoms with van der Waals surface area (Å²) in [5, 5.41) is 21.3. The Bertz CT molecular complexity index is 1710. The molecule has 1 aromatic heterocycles. The molecule has 0 spiro atoms. The lowest BCUT2D eigenvalue weighted by atomic mass is 9.70. The smallest absolute Gasteiger partial charge is 0.187 e. The number of aromatic nitrogens is 3. The van der Waals surface area contributed by atoms with Crippen molar-refractivity contribution in [2.45, 2.75) is 79.6 Å². The molecule has 7 heteroatoms. The van der Waals surface area contributed by atoms with Crippen LogP contribution in [0.1, 0.15) is 106 Å². The predicted octanol–water partition coefficient (Wildman–Crippen LogP) is 8.89. The molecule has 6 nitrogen and oxygen atoms in total. The van der Waals surface area contributed by atoms with Crippen LogP contribution in [0.25, 0.3) is 16.7 Å². The largest absolute Gasteiger partial charge is 0.505 e. The van der Waals surface area contributed by atoms with Gasteiger partial charge in [-0.05, 0) is 76.4 Å². The van der Waals surface area contributed by atoms with E-state index in [1.54, 1.807) is 19.1 Å². The van der Waals surface area contributed by atoms with Crippen LogP contribution in [0, 0.1) is 5.41 Å². The molecule has 0 aliphatic carbocycles. The van der Waals surface area contributed by atoms with Crippen molar-refractivity contribution >= 4 is 38.5 Å². The summed E-state index contributed by atoms with van der Waals surface area (Å²) in [6, 6.07) is 15.8. The summed E-state index contributed by atoms with van der Waals surface area (Å²) in [5.41, 5.74) is 3.74. The van der Waals surface area contributed by atoms with Crippen LogP contribution in [0.3, 0.4) is 0 Å². The summed E-state index contributed by atoms with van der Waals surface area (Å²) >= 11 is 3.48. The van der Waals surface area contributed by atoms with E-state index in [1.807, 2.05) is 24.3 Å². The van der Waals surface area contributed by atoms with E-state index in [-0.39, 0.29) is 39.3 Å². The normalized spacial score (nSPS) is 12.8. The van der Waals surface area contributed by atoms with E-state index < -0.39 is 5.41 Å². The van der Waals surface area contributed by atoms with Gasteiger partial charge in [-0.2, -0.15) is 0 Å². The van der Waals surface area contributed by atoms with Crippen LogP contribution < -0.4 is 0 Å². The van der Waals surface area contributed by atoms with Gasteiger partial charge in [0.2, 0.25) is 0 Å². The molecule has 1 heterocycles. The molecule has 0 amide bonds. The van der Waals surface area contributed by atoms with E-state index in [0.29, 0.717) is 21.2 Å². The van der Waals surface area contributed by atoms with Gasteiger partial charge >= 0.3 is 0 Å². The number of fused-ring (bicyclic) bond motifs is 1. The molecule has 0 atom stereocenters. The van der Waals surface area contributed by atoms with Crippen LogP contribution in [-0.2, 0) is 10.8 Å². The molecule has 42 heavy (non-hydrogen) atoms. The van der Waals surface area contributed by atoms with E-state index in [1.165, 1.54) is 17.8 Å². The Hall–Kier alpha value is -3.58. The minimum atomic E-state index is -0.542. The van der Waals surface area contributed by atoms with Gasteiger partial charge in [0.05, 0.1) is 5.56 Å². The van der Waals surface area contributed by atoms with Gasteiger partial charge in [-0.1, -0.05) is 90.9 Å². The molecule has 4 rings (SSSR count). The van der Waals surface area contributed by atoms with Crippen molar-refractivity contribution in [3.8, 4) is 11.4 Å². The van der Waals surface area contributed by atoms with Gasteiger partial charge in [-0.15, -0.1) is 15.0 Å². The molecule has 0 aliphatic rings. The number of hydrogen-bond donors (Lipinski definition) is 1. The molecule has 4 aromatic rings. The standard InChI is InChI=1S/C35H40BrN3O3/c1-10-14-28(41)30-25(36)19-26-31(29(30)21(2)40)38-39(37-26)27-18-23(34(6,7)20-33(3,4)5)17-24(32(27)42)35(8,9)22-15-12-11-13-16-22/h10-19,42H,20H2,1-9H3/b14-10-. The molecule has 3 aromatic carbocycles. The topological polar surface area (TPSA) is 85.1 Å². The zero-order valence-electron chi connectivity index (χ0n) is 26.0. The van der Waals surface area contributed by atoms with Crippen LogP contribution in [0.4, 0.5) is 0 Å². The fourth-order valence-electron chi connectivity index (χ4n) is 6.03.